The van der Waals surface area contributed by atoms with Crippen molar-refractivity contribution in [3.8, 4) is 0 Å². The molecule has 2 saturated heterocycles. The summed E-state index contributed by atoms with van der Waals surface area (Å²) in [7, 11) is 0. The first-order chi connectivity index (χ1) is 15.7. The number of amides is 2. The van der Waals surface area contributed by atoms with Crippen molar-refractivity contribution in [1.29, 1.82) is 0 Å². The van der Waals surface area contributed by atoms with Gasteiger partial charge in [0.15, 0.2) is 5.37 Å². The van der Waals surface area contributed by atoms with Crippen LogP contribution in [-0.2, 0) is 43.3 Å². The molecule has 4 rings (SSSR count). The number of fused-ring (bicyclic) bond motifs is 1. The number of benzene rings is 2. The van der Waals surface area contributed by atoms with Crippen LogP contribution in [0.4, 0.5) is 0 Å². The first-order valence-corrected chi connectivity index (χ1v) is 13.0. The number of ether oxygens (including phenoxy) is 1. The van der Waals surface area contributed by atoms with Gasteiger partial charge in [-0.05, 0) is 36.2 Å². The molecule has 2 aromatic rings. The lowest BCUT2D eigenvalue weighted by molar-refractivity contribution is -0.167. The summed E-state index contributed by atoms with van der Waals surface area (Å²) < 4.78 is 17.7. The maximum absolute atomic E-state index is 13.4. The fourth-order valence-corrected chi connectivity index (χ4v) is 7.43. The Kier molecular flexibility index (Phi) is 6.48. The van der Waals surface area contributed by atoms with Crippen LogP contribution < -0.4 is 5.32 Å². The van der Waals surface area contributed by atoms with Crippen LogP contribution >= 0.6 is 11.8 Å². The van der Waals surface area contributed by atoms with Crippen molar-refractivity contribution in [2.24, 2.45) is 0 Å². The SMILES string of the molecule is C[S+]([O-])[C@@]1(NC(=O)Cc2ccccc2)C(=O)N2[C@@H](C(=O)OCc3ccccc3)C(C)(C)S[C@@H]21. The number of rotatable bonds is 7. The number of esters is 1. The van der Waals surface area contributed by atoms with Crippen molar-refractivity contribution in [1.82, 2.24) is 10.2 Å². The topological polar surface area (TPSA) is 98.8 Å². The molecule has 7 nitrogen and oxygen atoms in total. The van der Waals surface area contributed by atoms with Crippen LogP contribution in [-0.4, -0.2) is 54.5 Å². The van der Waals surface area contributed by atoms with Crippen LogP contribution in [0.2, 0.25) is 0 Å². The van der Waals surface area contributed by atoms with E-state index < -0.39 is 50.0 Å². The molecule has 0 spiro atoms. The van der Waals surface area contributed by atoms with Crippen LogP contribution in [0.15, 0.2) is 60.7 Å². The maximum Gasteiger partial charge on any atom is 0.330 e. The molecule has 9 heteroatoms. The van der Waals surface area contributed by atoms with Crippen molar-refractivity contribution < 1.29 is 23.7 Å². The van der Waals surface area contributed by atoms with Gasteiger partial charge in [0, 0.05) is 4.75 Å². The molecule has 2 heterocycles. The number of carbonyl (C=O) groups excluding carboxylic acids is 3. The van der Waals surface area contributed by atoms with E-state index in [1.807, 2.05) is 74.5 Å². The van der Waals surface area contributed by atoms with Crippen molar-refractivity contribution >= 4 is 40.7 Å². The van der Waals surface area contributed by atoms with Gasteiger partial charge in [0.25, 0.3) is 0 Å². The molecule has 2 aromatic carbocycles. The van der Waals surface area contributed by atoms with Gasteiger partial charge in [0.1, 0.15) is 12.6 Å². The lowest BCUT2D eigenvalue weighted by atomic mass is 9.95. The van der Waals surface area contributed by atoms with Gasteiger partial charge >= 0.3 is 16.7 Å². The zero-order valence-corrected chi connectivity index (χ0v) is 20.3. The van der Waals surface area contributed by atoms with Crippen LogP contribution in [0.1, 0.15) is 25.0 Å². The number of nitrogens with one attached hydrogen (secondary N) is 1. The Labute approximate surface area is 200 Å². The Balaban J connectivity index is 1.51. The van der Waals surface area contributed by atoms with E-state index in [9.17, 15) is 18.9 Å². The van der Waals surface area contributed by atoms with E-state index in [0.717, 1.165) is 11.1 Å². The molecule has 0 saturated carbocycles. The second-order valence-electron chi connectivity index (χ2n) is 8.68. The van der Waals surface area contributed by atoms with E-state index >= 15 is 0 Å². The molecule has 2 aliphatic rings. The Hall–Kier alpha value is -2.49. The molecular formula is C24H26N2O5S2. The fraction of sp³-hybridized carbons (Fsp3) is 0.375. The van der Waals surface area contributed by atoms with Crippen LogP contribution in [0.3, 0.4) is 0 Å². The second-order valence-corrected chi connectivity index (χ2v) is 12.0. The van der Waals surface area contributed by atoms with Gasteiger partial charge in [-0.15, -0.1) is 11.8 Å². The second kappa shape index (κ2) is 9.04. The highest BCUT2D eigenvalue weighted by atomic mass is 32.2. The van der Waals surface area contributed by atoms with Crippen molar-refractivity contribution in [3.63, 3.8) is 0 Å². The summed E-state index contributed by atoms with van der Waals surface area (Å²) in [5, 5.41) is 2.13. The number of hydrogen-bond acceptors (Lipinski definition) is 6. The van der Waals surface area contributed by atoms with Crippen molar-refractivity contribution in [2.75, 3.05) is 6.26 Å². The van der Waals surface area contributed by atoms with E-state index in [-0.39, 0.29) is 13.0 Å². The molecule has 0 radical (unpaired) electrons. The van der Waals surface area contributed by atoms with Gasteiger partial charge in [-0.2, -0.15) is 0 Å². The molecule has 1 N–H and O–H groups in total. The smallest absolute Gasteiger partial charge is 0.330 e. The highest BCUT2D eigenvalue weighted by Crippen LogP contribution is 2.56. The van der Waals surface area contributed by atoms with Crippen LogP contribution in [0.5, 0.6) is 0 Å². The molecule has 0 aromatic heterocycles. The van der Waals surface area contributed by atoms with Gasteiger partial charge in [0.2, 0.25) is 5.91 Å². The summed E-state index contributed by atoms with van der Waals surface area (Å²) in [5.41, 5.74) is 1.63. The summed E-state index contributed by atoms with van der Waals surface area (Å²) in [6, 6.07) is 17.6. The van der Waals surface area contributed by atoms with Crippen molar-refractivity contribution in [3.05, 3.63) is 71.8 Å². The third kappa shape index (κ3) is 4.25. The lowest BCUT2D eigenvalue weighted by Crippen LogP contribution is -2.82. The Morgan fingerprint density at radius 3 is 2.24 bits per heavy atom. The summed E-state index contributed by atoms with van der Waals surface area (Å²) in [6.45, 7) is 3.81. The van der Waals surface area contributed by atoms with Crippen molar-refractivity contribution in [2.45, 2.75) is 47.9 Å². The monoisotopic (exact) mass is 486 g/mol. The van der Waals surface area contributed by atoms with E-state index in [0.29, 0.717) is 0 Å². The summed E-state index contributed by atoms with van der Waals surface area (Å²) in [5.74, 6) is -1.43. The number of hydrogen-bond donors (Lipinski definition) is 1. The predicted octanol–water partition coefficient (Wildman–Crippen LogP) is 2.23. The molecule has 33 heavy (non-hydrogen) atoms. The zero-order chi connectivity index (χ0) is 23.8. The third-order valence-corrected chi connectivity index (χ3v) is 9.13. The van der Waals surface area contributed by atoms with Gasteiger partial charge in [-0.25, -0.2) is 4.79 Å². The molecule has 0 bridgehead atoms. The number of thioether (sulfide) groups is 1. The largest absolute Gasteiger partial charge is 0.614 e. The minimum atomic E-state index is -1.69. The quantitative estimate of drug-likeness (QED) is 0.366. The average molecular weight is 487 g/mol. The lowest BCUT2D eigenvalue weighted by Gasteiger charge is -2.51. The maximum atomic E-state index is 13.4. The average Bonchev–Trinajstić information content (AvgIpc) is 3.05. The zero-order valence-electron chi connectivity index (χ0n) is 18.6. The van der Waals surface area contributed by atoms with Gasteiger partial charge in [-0.1, -0.05) is 60.7 Å². The predicted molar refractivity (Wildman–Crippen MR) is 127 cm³/mol. The van der Waals surface area contributed by atoms with E-state index in [2.05, 4.69) is 5.32 Å². The van der Waals surface area contributed by atoms with Gasteiger partial charge < -0.3 is 14.2 Å². The molecule has 174 valence electrons. The fourth-order valence-electron chi connectivity index (χ4n) is 4.30. The number of carbonyl (C=O) groups is 3. The van der Waals surface area contributed by atoms with E-state index in [1.54, 1.807) is 0 Å². The highest BCUT2D eigenvalue weighted by Gasteiger charge is 2.77. The Bertz CT molecular complexity index is 1050. The normalized spacial score (nSPS) is 26.2. The first kappa shape index (κ1) is 23.7. The van der Waals surface area contributed by atoms with Crippen LogP contribution in [0, 0.1) is 0 Å². The van der Waals surface area contributed by atoms with E-state index in [4.69, 9.17) is 4.74 Å². The van der Waals surface area contributed by atoms with Gasteiger partial charge in [0.05, 0.1) is 12.7 Å². The molecule has 2 fully saturated rings. The molecular weight excluding hydrogens is 460 g/mol. The Morgan fingerprint density at radius 1 is 1.09 bits per heavy atom. The Morgan fingerprint density at radius 2 is 1.67 bits per heavy atom. The molecule has 0 aliphatic carbocycles. The standard InChI is InChI=1S/C24H26N2O5S2/c1-23(2)19(20(28)31-15-17-12-8-5-9-13-17)26-21(29)24(33(3)30,22(26)32-23)25-18(27)14-16-10-6-4-7-11-16/h4-13,19,22H,14-15H2,1-3H3,(H,25,27)/t19-,22+,24-,33?/m0/s1. The summed E-state index contributed by atoms with van der Waals surface area (Å²) in [6.07, 6.45) is 1.48. The molecule has 1 unspecified atom stereocenters. The first-order valence-electron chi connectivity index (χ1n) is 10.6. The molecule has 2 amide bonds. The van der Waals surface area contributed by atoms with Crippen LogP contribution in [0.25, 0.3) is 0 Å². The third-order valence-electron chi connectivity index (χ3n) is 5.94. The summed E-state index contributed by atoms with van der Waals surface area (Å²) >= 11 is -0.333. The number of nitrogens with zero attached hydrogens (tertiary/aromatic N) is 1. The summed E-state index contributed by atoms with van der Waals surface area (Å²) in [4.78, 5) is 39.0. The minimum absolute atomic E-state index is 0.0659. The molecule has 4 atom stereocenters. The van der Waals surface area contributed by atoms with E-state index in [1.165, 1.54) is 22.9 Å². The number of β-lactam (4-membered cyclic amide) rings is 1. The minimum Gasteiger partial charge on any atom is -0.614 e. The van der Waals surface area contributed by atoms with Gasteiger partial charge in [-0.3, -0.25) is 14.9 Å². The highest BCUT2D eigenvalue weighted by molar-refractivity contribution is 8.03. The molecule has 2 aliphatic heterocycles.